The normalized spacial score (nSPS) is 12.9. The molecule has 0 fully saturated rings. The number of rotatable bonds is 8. The van der Waals surface area contributed by atoms with Crippen LogP contribution in [0, 0.1) is 5.92 Å². The quantitative estimate of drug-likeness (QED) is 0.706. The van der Waals surface area contributed by atoms with Gasteiger partial charge in [0.15, 0.2) is 0 Å². The predicted molar refractivity (Wildman–Crippen MR) is 69.8 cm³/mol. The zero-order chi connectivity index (χ0) is 12.5. The number of hydrogen-bond acceptors (Lipinski definition) is 3. The first kappa shape index (κ1) is 14.2. The number of nitrogens with two attached hydrogens (primary N) is 1. The van der Waals surface area contributed by atoms with Crippen molar-refractivity contribution in [1.29, 1.82) is 0 Å². The molecule has 96 valence electrons. The zero-order valence-electron chi connectivity index (χ0n) is 10.8. The van der Waals surface area contributed by atoms with Gasteiger partial charge in [0.25, 0.3) is 0 Å². The Balaban J connectivity index is 2.24. The van der Waals surface area contributed by atoms with Gasteiger partial charge >= 0.3 is 0 Å². The number of ether oxygens (including phenoxy) is 2. The summed E-state index contributed by atoms with van der Waals surface area (Å²) < 4.78 is 11.2. The highest BCUT2D eigenvalue weighted by Crippen LogP contribution is 2.15. The van der Waals surface area contributed by atoms with Gasteiger partial charge in [0.05, 0.1) is 19.3 Å². The summed E-state index contributed by atoms with van der Waals surface area (Å²) in [7, 11) is 0. The maximum atomic E-state index is 5.71. The topological polar surface area (TPSA) is 44.5 Å². The lowest BCUT2D eigenvalue weighted by Crippen LogP contribution is -2.18. The van der Waals surface area contributed by atoms with Gasteiger partial charge in [-0.3, -0.25) is 0 Å². The molecule has 1 atom stereocenters. The van der Waals surface area contributed by atoms with Crippen molar-refractivity contribution in [2.24, 2.45) is 11.7 Å². The first-order valence-corrected chi connectivity index (χ1v) is 6.18. The average molecular weight is 237 g/mol. The van der Waals surface area contributed by atoms with Crippen LogP contribution in [0.4, 0.5) is 0 Å². The third-order valence-corrected chi connectivity index (χ3v) is 2.38. The molecule has 0 aliphatic heterocycles. The van der Waals surface area contributed by atoms with E-state index < -0.39 is 0 Å². The summed E-state index contributed by atoms with van der Waals surface area (Å²) in [4.78, 5) is 0. The molecule has 17 heavy (non-hydrogen) atoms. The van der Waals surface area contributed by atoms with E-state index in [2.05, 4.69) is 13.8 Å². The first-order chi connectivity index (χ1) is 8.24. The molecule has 0 heterocycles. The highest BCUT2D eigenvalue weighted by molar-refractivity contribution is 5.17. The van der Waals surface area contributed by atoms with Gasteiger partial charge in [-0.05, 0) is 11.5 Å². The van der Waals surface area contributed by atoms with Crippen LogP contribution in [-0.2, 0) is 9.47 Å². The summed E-state index contributed by atoms with van der Waals surface area (Å²) in [6.45, 7) is 6.75. The molecule has 0 aliphatic rings. The van der Waals surface area contributed by atoms with E-state index in [-0.39, 0.29) is 6.10 Å². The van der Waals surface area contributed by atoms with Crippen molar-refractivity contribution in [3.05, 3.63) is 35.9 Å². The van der Waals surface area contributed by atoms with Crippen LogP contribution in [0.5, 0.6) is 0 Å². The van der Waals surface area contributed by atoms with Crippen molar-refractivity contribution in [1.82, 2.24) is 0 Å². The van der Waals surface area contributed by atoms with Crippen LogP contribution >= 0.6 is 0 Å². The summed E-state index contributed by atoms with van der Waals surface area (Å²) in [6, 6.07) is 10.1. The summed E-state index contributed by atoms with van der Waals surface area (Å²) in [5, 5.41) is 0. The lowest BCUT2D eigenvalue weighted by molar-refractivity contribution is 0.00178. The van der Waals surface area contributed by atoms with Crippen LogP contribution in [0.15, 0.2) is 30.3 Å². The smallest absolute Gasteiger partial charge is 0.0948 e. The highest BCUT2D eigenvalue weighted by Gasteiger charge is 2.08. The Hall–Kier alpha value is -0.900. The van der Waals surface area contributed by atoms with Crippen LogP contribution in [0.1, 0.15) is 25.5 Å². The van der Waals surface area contributed by atoms with Gasteiger partial charge in [0.1, 0.15) is 0 Å². The van der Waals surface area contributed by atoms with Crippen molar-refractivity contribution in [3.63, 3.8) is 0 Å². The Morgan fingerprint density at radius 3 is 2.41 bits per heavy atom. The van der Waals surface area contributed by atoms with E-state index in [4.69, 9.17) is 15.2 Å². The van der Waals surface area contributed by atoms with Gasteiger partial charge < -0.3 is 15.2 Å². The van der Waals surface area contributed by atoms with E-state index in [1.165, 1.54) is 0 Å². The Labute approximate surface area is 104 Å². The second-order valence-electron chi connectivity index (χ2n) is 4.47. The third kappa shape index (κ3) is 5.82. The lowest BCUT2D eigenvalue weighted by atomic mass is 10.1. The largest absolute Gasteiger partial charge is 0.379 e. The Morgan fingerprint density at radius 2 is 1.82 bits per heavy atom. The summed E-state index contributed by atoms with van der Waals surface area (Å²) in [5.74, 6) is 0.564. The van der Waals surface area contributed by atoms with Crippen LogP contribution in [-0.4, -0.2) is 26.4 Å². The molecule has 1 aromatic carbocycles. The van der Waals surface area contributed by atoms with Crippen LogP contribution < -0.4 is 5.73 Å². The first-order valence-electron chi connectivity index (χ1n) is 6.18. The number of hydrogen-bond donors (Lipinski definition) is 1. The fraction of sp³-hybridized carbons (Fsp3) is 0.571. The summed E-state index contributed by atoms with van der Waals surface area (Å²) >= 11 is 0. The van der Waals surface area contributed by atoms with Gasteiger partial charge in [-0.1, -0.05) is 44.2 Å². The summed E-state index contributed by atoms with van der Waals surface area (Å²) in [5.41, 5.74) is 6.83. The van der Waals surface area contributed by atoms with Crippen LogP contribution in [0.25, 0.3) is 0 Å². The molecule has 1 rings (SSSR count). The standard InChI is InChI=1S/C14H23NO2/c1-12(2)11-16-8-9-17-14(10-15)13-6-4-3-5-7-13/h3-7,12,14H,8-11,15H2,1-2H3. The molecule has 2 N–H and O–H groups in total. The molecule has 0 saturated carbocycles. The third-order valence-electron chi connectivity index (χ3n) is 2.38. The van der Waals surface area contributed by atoms with E-state index in [0.29, 0.717) is 25.7 Å². The second kappa shape index (κ2) is 8.23. The molecule has 0 aromatic heterocycles. The molecule has 1 unspecified atom stereocenters. The Morgan fingerprint density at radius 1 is 1.12 bits per heavy atom. The molecular weight excluding hydrogens is 214 g/mol. The van der Waals surface area contributed by atoms with E-state index in [0.717, 1.165) is 12.2 Å². The fourth-order valence-corrected chi connectivity index (χ4v) is 1.54. The molecule has 0 bridgehead atoms. The maximum Gasteiger partial charge on any atom is 0.0948 e. The van der Waals surface area contributed by atoms with Crippen molar-refractivity contribution in [2.75, 3.05) is 26.4 Å². The molecule has 0 amide bonds. The minimum atomic E-state index is -0.0288. The molecule has 0 saturated heterocycles. The maximum absolute atomic E-state index is 5.71. The van der Waals surface area contributed by atoms with E-state index in [1.807, 2.05) is 30.3 Å². The Kier molecular flexibility index (Phi) is 6.86. The number of benzene rings is 1. The molecular formula is C14H23NO2. The van der Waals surface area contributed by atoms with E-state index >= 15 is 0 Å². The van der Waals surface area contributed by atoms with Crippen LogP contribution in [0.3, 0.4) is 0 Å². The highest BCUT2D eigenvalue weighted by atomic mass is 16.5. The second-order valence-corrected chi connectivity index (χ2v) is 4.47. The molecule has 0 radical (unpaired) electrons. The van der Waals surface area contributed by atoms with Crippen molar-refractivity contribution >= 4 is 0 Å². The van der Waals surface area contributed by atoms with Gasteiger partial charge in [0.2, 0.25) is 0 Å². The van der Waals surface area contributed by atoms with Gasteiger partial charge in [-0.15, -0.1) is 0 Å². The summed E-state index contributed by atoms with van der Waals surface area (Å²) in [6.07, 6.45) is -0.0288. The van der Waals surface area contributed by atoms with Crippen molar-refractivity contribution in [3.8, 4) is 0 Å². The monoisotopic (exact) mass is 237 g/mol. The van der Waals surface area contributed by atoms with Gasteiger partial charge in [-0.2, -0.15) is 0 Å². The molecule has 1 aromatic rings. The predicted octanol–water partition coefficient (Wildman–Crippen LogP) is 2.38. The SMILES string of the molecule is CC(C)COCCOC(CN)c1ccccc1. The van der Waals surface area contributed by atoms with Crippen molar-refractivity contribution < 1.29 is 9.47 Å². The lowest BCUT2D eigenvalue weighted by Gasteiger charge is -2.16. The van der Waals surface area contributed by atoms with Crippen molar-refractivity contribution in [2.45, 2.75) is 20.0 Å². The minimum Gasteiger partial charge on any atom is -0.379 e. The van der Waals surface area contributed by atoms with Gasteiger partial charge in [0, 0.05) is 13.2 Å². The van der Waals surface area contributed by atoms with Gasteiger partial charge in [-0.25, -0.2) is 0 Å². The van der Waals surface area contributed by atoms with E-state index in [1.54, 1.807) is 0 Å². The zero-order valence-corrected chi connectivity index (χ0v) is 10.8. The Bertz CT molecular complexity index is 288. The molecule has 0 aliphatic carbocycles. The van der Waals surface area contributed by atoms with E-state index in [9.17, 15) is 0 Å². The average Bonchev–Trinajstić information content (AvgIpc) is 2.34. The molecule has 3 nitrogen and oxygen atoms in total. The van der Waals surface area contributed by atoms with Crippen LogP contribution in [0.2, 0.25) is 0 Å². The molecule has 0 spiro atoms. The minimum absolute atomic E-state index is 0.0288. The fourth-order valence-electron chi connectivity index (χ4n) is 1.54. The molecule has 3 heteroatoms.